The average Bonchev–Trinajstić information content (AvgIpc) is 2.94. The Hall–Kier alpha value is -1.79. The van der Waals surface area contributed by atoms with E-state index in [0.717, 1.165) is 5.56 Å². The van der Waals surface area contributed by atoms with E-state index in [1.165, 1.54) is 23.8 Å². The SMILES string of the molecule is COC1(NC(=O)C(OCc2ccccc2)c2ccccc2)C(=O)N2C(C(=O)OCC(Cl)(Cl)Cl)=C(CBr)CS[C@H]21. The van der Waals surface area contributed by atoms with Crippen molar-refractivity contribution in [2.75, 3.05) is 24.8 Å². The van der Waals surface area contributed by atoms with Crippen molar-refractivity contribution < 1.29 is 28.6 Å². The van der Waals surface area contributed by atoms with Gasteiger partial charge in [0.2, 0.25) is 3.79 Å². The first kappa shape index (κ1) is 30.2. The number of alkyl halides is 4. The van der Waals surface area contributed by atoms with Gasteiger partial charge in [0.05, 0.1) is 6.61 Å². The zero-order valence-electron chi connectivity index (χ0n) is 20.6. The molecule has 0 bridgehead atoms. The van der Waals surface area contributed by atoms with Crippen LogP contribution in [0.25, 0.3) is 0 Å². The Labute approximate surface area is 253 Å². The molecule has 1 N–H and O–H groups in total. The van der Waals surface area contributed by atoms with Gasteiger partial charge in [-0.15, -0.1) is 11.8 Å². The van der Waals surface area contributed by atoms with Gasteiger partial charge in [0, 0.05) is 18.2 Å². The summed E-state index contributed by atoms with van der Waals surface area (Å²) in [6, 6.07) is 18.4. The predicted molar refractivity (Wildman–Crippen MR) is 153 cm³/mol. The van der Waals surface area contributed by atoms with E-state index in [0.29, 0.717) is 22.2 Å². The van der Waals surface area contributed by atoms with Gasteiger partial charge in [-0.2, -0.15) is 0 Å². The Morgan fingerprint density at radius 1 is 1.15 bits per heavy atom. The Kier molecular flexibility index (Phi) is 9.91. The molecule has 1 fully saturated rings. The summed E-state index contributed by atoms with van der Waals surface area (Å²) in [6.07, 6.45) is -1.03. The highest BCUT2D eigenvalue weighted by Crippen LogP contribution is 2.47. The molecular formula is C26H24BrCl3N2O6S. The van der Waals surface area contributed by atoms with Crippen LogP contribution in [-0.2, 0) is 35.2 Å². The van der Waals surface area contributed by atoms with Crippen LogP contribution in [-0.4, -0.2) is 62.4 Å². The van der Waals surface area contributed by atoms with Crippen molar-refractivity contribution >= 4 is 80.3 Å². The number of halogens is 4. The molecule has 0 spiro atoms. The third-order valence-corrected chi connectivity index (χ3v) is 8.44. The first-order valence-electron chi connectivity index (χ1n) is 11.7. The van der Waals surface area contributed by atoms with E-state index in [1.807, 2.05) is 36.4 Å². The Balaban J connectivity index is 1.57. The lowest BCUT2D eigenvalue weighted by molar-refractivity contribution is -0.194. The number of nitrogens with one attached hydrogen (secondary N) is 1. The quantitative estimate of drug-likeness (QED) is 0.166. The second-order valence-electron chi connectivity index (χ2n) is 8.63. The summed E-state index contributed by atoms with van der Waals surface area (Å²) >= 11 is 21.9. The second-order valence-corrected chi connectivity index (χ2v) is 12.8. The number of carbonyl (C=O) groups excluding carboxylic acids is 3. The van der Waals surface area contributed by atoms with E-state index in [2.05, 4.69) is 21.2 Å². The number of hydrogen-bond donors (Lipinski definition) is 1. The van der Waals surface area contributed by atoms with Crippen LogP contribution in [0.15, 0.2) is 71.9 Å². The lowest BCUT2D eigenvalue weighted by Crippen LogP contribution is -2.81. The summed E-state index contributed by atoms with van der Waals surface area (Å²) in [5.74, 6) is -1.66. The fourth-order valence-electron chi connectivity index (χ4n) is 4.20. The van der Waals surface area contributed by atoms with Crippen molar-refractivity contribution in [1.29, 1.82) is 0 Å². The van der Waals surface area contributed by atoms with Gasteiger partial charge in [-0.25, -0.2) is 4.79 Å². The zero-order valence-corrected chi connectivity index (χ0v) is 25.2. The molecule has 0 aliphatic carbocycles. The molecule has 39 heavy (non-hydrogen) atoms. The Morgan fingerprint density at radius 2 is 1.79 bits per heavy atom. The average molecular weight is 679 g/mol. The molecule has 2 aliphatic rings. The minimum absolute atomic E-state index is 0.0248. The van der Waals surface area contributed by atoms with E-state index in [-0.39, 0.29) is 12.3 Å². The van der Waals surface area contributed by atoms with Gasteiger partial charge in [0.1, 0.15) is 17.7 Å². The van der Waals surface area contributed by atoms with Crippen LogP contribution in [0.3, 0.4) is 0 Å². The third kappa shape index (κ3) is 6.59. The highest BCUT2D eigenvalue weighted by atomic mass is 79.9. The van der Waals surface area contributed by atoms with Crippen molar-refractivity contribution in [2.45, 2.75) is 27.6 Å². The molecule has 4 rings (SSSR count). The maximum Gasteiger partial charge on any atom is 0.355 e. The molecule has 0 saturated carbocycles. The first-order chi connectivity index (χ1) is 18.6. The number of benzene rings is 2. The van der Waals surface area contributed by atoms with Crippen molar-refractivity contribution in [3.63, 3.8) is 0 Å². The number of fused-ring (bicyclic) bond motifs is 1. The molecule has 3 atom stereocenters. The van der Waals surface area contributed by atoms with E-state index in [9.17, 15) is 14.4 Å². The number of nitrogens with zero attached hydrogens (tertiary/aromatic N) is 1. The Bertz CT molecular complexity index is 1250. The number of hydrogen-bond acceptors (Lipinski definition) is 7. The summed E-state index contributed by atoms with van der Waals surface area (Å²) < 4.78 is 15.0. The van der Waals surface area contributed by atoms with Crippen LogP contribution >= 0.6 is 62.5 Å². The van der Waals surface area contributed by atoms with Gasteiger partial charge in [0.15, 0.2) is 6.10 Å². The molecule has 2 aromatic carbocycles. The summed E-state index contributed by atoms with van der Waals surface area (Å²) in [4.78, 5) is 41.5. The maximum atomic E-state index is 13.6. The zero-order chi connectivity index (χ0) is 28.2. The molecule has 2 unspecified atom stereocenters. The molecule has 0 aromatic heterocycles. The van der Waals surface area contributed by atoms with Gasteiger partial charge in [-0.05, 0) is 16.7 Å². The minimum atomic E-state index is -1.82. The van der Waals surface area contributed by atoms with Crippen molar-refractivity contribution in [1.82, 2.24) is 10.2 Å². The normalized spacial score (nSPS) is 21.6. The maximum absolute atomic E-state index is 13.6. The van der Waals surface area contributed by atoms with E-state index < -0.39 is 45.4 Å². The molecule has 2 heterocycles. The topological polar surface area (TPSA) is 94.2 Å². The largest absolute Gasteiger partial charge is 0.456 e. The molecule has 8 nitrogen and oxygen atoms in total. The van der Waals surface area contributed by atoms with Crippen LogP contribution < -0.4 is 5.32 Å². The molecule has 2 amide bonds. The number of carbonyl (C=O) groups is 3. The van der Waals surface area contributed by atoms with Crippen LogP contribution in [0.5, 0.6) is 0 Å². The Morgan fingerprint density at radius 3 is 2.38 bits per heavy atom. The van der Waals surface area contributed by atoms with E-state index in [1.54, 1.807) is 24.3 Å². The number of β-lactam (4-membered cyclic amide) rings is 1. The number of thioether (sulfide) groups is 1. The molecule has 208 valence electrons. The fraction of sp³-hybridized carbons (Fsp3) is 0.346. The van der Waals surface area contributed by atoms with Gasteiger partial charge in [-0.1, -0.05) is 111 Å². The number of esters is 1. The van der Waals surface area contributed by atoms with Crippen molar-refractivity contribution in [2.24, 2.45) is 0 Å². The van der Waals surface area contributed by atoms with Gasteiger partial charge >= 0.3 is 5.97 Å². The molecule has 13 heteroatoms. The highest BCUT2D eigenvalue weighted by molar-refractivity contribution is 9.09. The van der Waals surface area contributed by atoms with Gasteiger partial charge < -0.3 is 19.5 Å². The van der Waals surface area contributed by atoms with Crippen LogP contribution in [0, 0.1) is 0 Å². The lowest BCUT2D eigenvalue weighted by Gasteiger charge is -2.56. The predicted octanol–water partition coefficient (Wildman–Crippen LogP) is 4.88. The van der Waals surface area contributed by atoms with E-state index >= 15 is 0 Å². The third-order valence-electron chi connectivity index (χ3n) is 6.06. The fourth-order valence-corrected chi connectivity index (χ4v) is 6.53. The molecule has 2 aliphatic heterocycles. The molecular weight excluding hydrogens is 655 g/mol. The standard InChI is InChI=1S/C26H24BrCl3N2O6S/c1-36-26(23(35)32-19(18(12-27)14-39-24(26)32)22(34)38-15-25(28,29)30)31-21(33)20(17-10-6-3-7-11-17)37-13-16-8-4-2-5-9-16/h2-11,20,24H,12-15H2,1H3,(H,31,33)/t20?,24-,26?/m0/s1. The second kappa shape index (κ2) is 12.8. The van der Waals surface area contributed by atoms with Crippen LogP contribution in [0.4, 0.5) is 0 Å². The number of ether oxygens (including phenoxy) is 3. The van der Waals surface area contributed by atoms with Gasteiger partial charge in [0.25, 0.3) is 17.5 Å². The lowest BCUT2D eigenvalue weighted by atomic mass is 9.97. The summed E-state index contributed by atoms with van der Waals surface area (Å²) in [6.45, 7) is -0.332. The molecule has 2 aromatic rings. The minimum Gasteiger partial charge on any atom is -0.456 e. The van der Waals surface area contributed by atoms with Crippen molar-refractivity contribution in [3.8, 4) is 0 Å². The number of methoxy groups -OCH3 is 1. The van der Waals surface area contributed by atoms with Gasteiger partial charge in [-0.3, -0.25) is 14.5 Å². The molecule has 0 radical (unpaired) electrons. The van der Waals surface area contributed by atoms with Crippen LogP contribution in [0.2, 0.25) is 0 Å². The summed E-state index contributed by atoms with van der Waals surface area (Å²) in [5, 5.41) is 2.33. The van der Waals surface area contributed by atoms with Crippen molar-refractivity contribution in [3.05, 3.63) is 83.1 Å². The highest BCUT2D eigenvalue weighted by Gasteiger charge is 2.67. The smallest absolute Gasteiger partial charge is 0.355 e. The number of amides is 2. The summed E-state index contributed by atoms with van der Waals surface area (Å²) in [5.41, 5.74) is 0.394. The first-order valence-corrected chi connectivity index (χ1v) is 15.0. The summed E-state index contributed by atoms with van der Waals surface area (Å²) in [7, 11) is 1.32. The van der Waals surface area contributed by atoms with E-state index in [4.69, 9.17) is 49.0 Å². The monoisotopic (exact) mass is 676 g/mol. The number of rotatable bonds is 10. The molecule has 1 saturated heterocycles. The van der Waals surface area contributed by atoms with Crippen LogP contribution in [0.1, 0.15) is 17.2 Å².